The smallest absolute Gasteiger partial charge is 0.354 e. The van der Waals surface area contributed by atoms with Crippen LogP contribution in [0.4, 0.5) is 0 Å². The van der Waals surface area contributed by atoms with Gasteiger partial charge < -0.3 is 15.0 Å². The number of hydrogen-bond donors (Lipinski definition) is 2. The lowest BCUT2D eigenvalue weighted by Crippen LogP contribution is -2.33. The van der Waals surface area contributed by atoms with Gasteiger partial charge in [0.25, 0.3) is 5.91 Å². The minimum atomic E-state index is -1.06. The number of aromatic carboxylic acids is 1. The first kappa shape index (κ1) is 14.4. The summed E-state index contributed by atoms with van der Waals surface area (Å²) in [6.07, 6.45) is 0.774. The molecule has 1 aromatic carbocycles. The van der Waals surface area contributed by atoms with Gasteiger partial charge in [0.2, 0.25) is 0 Å². The molecule has 0 fully saturated rings. The van der Waals surface area contributed by atoms with Crippen molar-refractivity contribution in [3.63, 3.8) is 0 Å². The third-order valence-electron chi connectivity index (χ3n) is 4.40. The Morgan fingerprint density at radius 3 is 2.88 bits per heavy atom. The first-order valence-electron chi connectivity index (χ1n) is 7.65. The van der Waals surface area contributed by atoms with Crippen LogP contribution in [0.15, 0.2) is 36.4 Å². The van der Waals surface area contributed by atoms with Crippen molar-refractivity contribution in [2.45, 2.75) is 6.42 Å². The summed E-state index contributed by atoms with van der Waals surface area (Å²) in [5.74, 6) is -1.06. The van der Waals surface area contributed by atoms with Crippen molar-refractivity contribution in [3.05, 3.63) is 53.3 Å². The molecule has 0 aliphatic carbocycles. The second-order valence-corrected chi connectivity index (χ2v) is 5.93. The molecule has 0 unspecified atom stereocenters. The number of nitrogens with zero attached hydrogens (tertiary/aromatic N) is 2. The summed E-state index contributed by atoms with van der Waals surface area (Å²) < 4.78 is 0. The van der Waals surface area contributed by atoms with Crippen molar-refractivity contribution in [1.29, 1.82) is 0 Å². The molecule has 2 aromatic heterocycles. The fourth-order valence-corrected chi connectivity index (χ4v) is 3.10. The van der Waals surface area contributed by atoms with Crippen LogP contribution in [0.2, 0.25) is 0 Å². The normalized spacial score (nSPS) is 14.0. The van der Waals surface area contributed by atoms with Crippen LogP contribution in [-0.4, -0.2) is 45.4 Å². The van der Waals surface area contributed by atoms with E-state index >= 15 is 0 Å². The first-order chi connectivity index (χ1) is 11.5. The van der Waals surface area contributed by atoms with Crippen molar-refractivity contribution in [3.8, 4) is 11.3 Å². The highest BCUT2D eigenvalue weighted by Crippen LogP contribution is 2.30. The summed E-state index contributed by atoms with van der Waals surface area (Å²) >= 11 is 0. The number of aromatic nitrogens is 2. The van der Waals surface area contributed by atoms with Crippen molar-refractivity contribution in [2.75, 3.05) is 13.6 Å². The zero-order valence-corrected chi connectivity index (χ0v) is 13.0. The SMILES string of the molecule is CN1CCc2[nH]c(-c3cccc4ccc(C(=O)O)nc34)cc2C1=O. The Kier molecular flexibility index (Phi) is 3.13. The van der Waals surface area contributed by atoms with E-state index in [0.29, 0.717) is 17.6 Å². The number of carboxylic acid groups (broad SMARTS) is 1. The van der Waals surface area contributed by atoms with E-state index < -0.39 is 5.97 Å². The van der Waals surface area contributed by atoms with Gasteiger partial charge in [-0.2, -0.15) is 0 Å². The Balaban J connectivity index is 1.91. The number of carbonyl (C=O) groups excluding carboxylic acids is 1. The molecule has 0 saturated heterocycles. The van der Waals surface area contributed by atoms with Crippen LogP contribution in [0.25, 0.3) is 22.2 Å². The van der Waals surface area contributed by atoms with Gasteiger partial charge in [-0.05, 0) is 12.1 Å². The van der Waals surface area contributed by atoms with E-state index in [-0.39, 0.29) is 11.6 Å². The fourth-order valence-electron chi connectivity index (χ4n) is 3.10. The van der Waals surface area contributed by atoms with E-state index in [4.69, 9.17) is 0 Å². The van der Waals surface area contributed by atoms with Crippen molar-refractivity contribution >= 4 is 22.8 Å². The van der Waals surface area contributed by atoms with E-state index in [1.54, 1.807) is 18.0 Å². The van der Waals surface area contributed by atoms with Gasteiger partial charge in [0.05, 0.1) is 11.1 Å². The van der Waals surface area contributed by atoms with Gasteiger partial charge in [-0.1, -0.05) is 24.3 Å². The summed E-state index contributed by atoms with van der Waals surface area (Å²) in [6.45, 7) is 0.683. The highest BCUT2D eigenvalue weighted by atomic mass is 16.4. The molecule has 0 saturated carbocycles. The summed E-state index contributed by atoms with van der Waals surface area (Å²) in [4.78, 5) is 32.8. The number of rotatable bonds is 2. The van der Waals surface area contributed by atoms with Gasteiger partial charge in [-0.25, -0.2) is 9.78 Å². The monoisotopic (exact) mass is 321 g/mol. The molecule has 1 amide bonds. The number of carbonyl (C=O) groups is 2. The van der Waals surface area contributed by atoms with E-state index in [2.05, 4.69) is 9.97 Å². The Bertz CT molecular complexity index is 990. The van der Waals surface area contributed by atoms with Crippen LogP contribution in [0, 0.1) is 0 Å². The van der Waals surface area contributed by atoms with Crippen molar-refractivity contribution in [1.82, 2.24) is 14.9 Å². The average molecular weight is 321 g/mol. The number of aromatic amines is 1. The molecule has 0 bridgehead atoms. The topological polar surface area (TPSA) is 86.3 Å². The van der Waals surface area contributed by atoms with Crippen LogP contribution in [0.3, 0.4) is 0 Å². The molecule has 0 spiro atoms. The summed E-state index contributed by atoms with van der Waals surface area (Å²) in [5.41, 5.74) is 3.77. The first-order valence-corrected chi connectivity index (χ1v) is 7.65. The number of fused-ring (bicyclic) bond motifs is 2. The number of benzene rings is 1. The molecule has 0 atom stereocenters. The molecule has 1 aliphatic rings. The largest absolute Gasteiger partial charge is 0.477 e. The van der Waals surface area contributed by atoms with E-state index in [1.165, 1.54) is 6.07 Å². The van der Waals surface area contributed by atoms with Crippen LogP contribution in [0.5, 0.6) is 0 Å². The van der Waals surface area contributed by atoms with Crippen molar-refractivity contribution in [2.24, 2.45) is 0 Å². The van der Waals surface area contributed by atoms with Crippen LogP contribution in [-0.2, 0) is 6.42 Å². The number of pyridine rings is 1. The lowest BCUT2D eigenvalue weighted by Gasteiger charge is -2.21. The maximum Gasteiger partial charge on any atom is 0.354 e. The van der Waals surface area contributed by atoms with E-state index in [9.17, 15) is 14.7 Å². The minimum absolute atomic E-state index is 0.00169. The standard InChI is InChI=1S/C18H15N3O3/c1-21-8-7-13-12(17(21)22)9-15(19-13)11-4-2-3-10-5-6-14(18(23)24)20-16(10)11/h2-6,9,19H,7-8H2,1H3,(H,23,24). The molecule has 2 N–H and O–H groups in total. The van der Waals surface area contributed by atoms with Gasteiger partial charge in [-0.3, -0.25) is 4.79 Å². The number of H-pyrrole nitrogens is 1. The van der Waals surface area contributed by atoms with Crippen LogP contribution in [0.1, 0.15) is 26.5 Å². The molecule has 1 aliphatic heterocycles. The third-order valence-corrected chi connectivity index (χ3v) is 4.40. The van der Waals surface area contributed by atoms with E-state index in [0.717, 1.165) is 28.8 Å². The third kappa shape index (κ3) is 2.15. The zero-order chi connectivity index (χ0) is 16.8. The minimum Gasteiger partial charge on any atom is -0.477 e. The summed E-state index contributed by atoms with van der Waals surface area (Å²) in [7, 11) is 1.79. The van der Waals surface area contributed by atoms with Gasteiger partial charge in [0, 0.05) is 42.4 Å². The lowest BCUT2D eigenvalue weighted by atomic mass is 10.0. The van der Waals surface area contributed by atoms with Gasteiger partial charge in [0.1, 0.15) is 5.69 Å². The maximum atomic E-state index is 12.3. The second kappa shape index (κ2) is 5.19. The number of para-hydroxylation sites is 1. The second-order valence-electron chi connectivity index (χ2n) is 5.93. The van der Waals surface area contributed by atoms with Gasteiger partial charge in [-0.15, -0.1) is 0 Å². The molecular weight excluding hydrogens is 306 g/mol. The molecule has 0 radical (unpaired) electrons. The van der Waals surface area contributed by atoms with Gasteiger partial charge in [0.15, 0.2) is 0 Å². The van der Waals surface area contributed by atoms with Gasteiger partial charge >= 0.3 is 5.97 Å². The molecule has 3 aromatic rings. The molecule has 3 heterocycles. The highest BCUT2D eigenvalue weighted by molar-refractivity contribution is 6.00. The number of carboxylic acids is 1. The Labute approximate surface area is 137 Å². The quantitative estimate of drug-likeness (QED) is 0.759. The Hall–Kier alpha value is -3.15. The Morgan fingerprint density at radius 1 is 1.25 bits per heavy atom. The zero-order valence-electron chi connectivity index (χ0n) is 13.0. The number of amides is 1. The highest BCUT2D eigenvalue weighted by Gasteiger charge is 2.24. The number of hydrogen-bond acceptors (Lipinski definition) is 3. The molecule has 6 nitrogen and oxygen atoms in total. The summed E-state index contributed by atoms with van der Waals surface area (Å²) in [5, 5.41) is 10.0. The molecule has 24 heavy (non-hydrogen) atoms. The molecule has 6 heteroatoms. The molecule has 120 valence electrons. The fraction of sp³-hybridized carbons (Fsp3) is 0.167. The predicted octanol–water partition coefficient (Wildman–Crippen LogP) is 2.56. The van der Waals surface area contributed by atoms with Crippen molar-refractivity contribution < 1.29 is 14.7 Å². The lowest BCUT2D eigenvalue weighted by molar-refractivity contribution is 0.0690. The van der Waals surface area contributed by atoms with Crippen LogP contribution < -0.4 is 0 Å². The molecule has 4 rings (SSSR count). The Morgan fingerprint density at radius 2 is 2.08 bits per heavy atom. The number of likely N-dealkylation sites (N-methyl/N-ethyl adjacent to an activating group) is 1. The molecular formula is C18H15N3O3. The summed E-state index contributed by atoms with van der Waals surface area (Å²) in [6, 6.07) is 10.7. The van der Waals surface area contributed by atoms with E-state index in [1.807, 2.05) is 24.3 Å². The van der Waals surface area contributed by atoms with Crippen LogP contribution >= 0.6 is 0 Å². The predicted molar refractivity (Wildman–Crippen MR) is 89.2 cm³/mol. The average Bonchev–Trinajstić information content (AvgIpc) is 3.02. The number of nitrogens with one attached hydrogen (secondary N) is 1. The maximum absolute atomic E-state index is 12.3.